The van der Waals surface area contributed by atoms with Crippen molar-refractivity contribution in [2.75, 3.05) is 17.4 Å². The third kappa shape index (κ3) is 3.94. The highest BCUT2D eigenvalue weighted by Crippen LogP contribution is 2.14. The Balaban J connectivity index is 2.75. The van der Waals surface area contributed by atoms with Crippen LogP contribution in [0.1, 0.15) is 23.7 Å². The Morgan fingerprint density at radius 3 is 2.76 bits per heavy atom. The van der Waals surface area contributed by atoms with E-state index in [0.717, 1.165) is 12.2 Å². The lowest BCUT2D eigenvalue weighted by Gasteiger charge is -2.17. The van der Waals surface area contributed by atoms with Gasteiger partial charge in [0.1, 0.15) is 0 Å². The van der Waals surface area contributed by atoms with Crippen LogP contribution in [0, 0.1) is 0 Å². The first kappa shape index (κ1) is 13.9. The number of carbonyl (C=O) groups is 1. The summed E-state index contributed by atoms with van der Waals surface area (Å²) in [4.78, 5) is 12.1. The van der Waals surface area contributed by atoms with Crippen LogP contribution in [0.4, 0.5) is 5.69 Å². The van der Waals surface area contributed by atoms with E-state index >= 15 is 0 Å². The second kappa shape index (κ2) is 7.19. The van der Waals surface area contributed by atoms with E-state index < -0.39 is 0 Å². The molecule has 0 aliphatic heterocycles. The number of amides is 1. The number of nitrogens with two attached hydrogens (primary N) is 1. The number of rotatable bonds is 6. The molecule has 0 aromatic heterocycles. The van der Waals surface area contributed by atoms with E-state index in [0.29, 0.717) is 11.3 Å². The first-order chi connectivity index (χ1) is 8.22. The highest BCUT2D eigenvalue weighted by molar-refractivity contribution is 7.98. The first-order valence-electron chi connectivity index (χ1n) is 5.58. The number of hydrazine groups is 1. The van der Waals surface area contributed by atoms with Crippen molar-refractivity contribution in [1.29, 1.82) is 0 Å². The van der Waals surface area contributed by atoms with Gasteiger partial charge in [-0.05, 0) is 24.8 Å². The molecule has 0 heterocycles. The van der Waals surface area contributed by atoms with Gasteiger partial charge in [-0.15, -0.1) is 0 Å². The van der Waals surface area contributed by atoms with E-state index in [9.17, 15) is 4.79 Å². The molecule has 1 rings (SSSR count). The molecule has 1 aromatic rings. The van der Waals surface area contributed by atoms with E-state index in [-0.39, 0.29) is 11.9 Å². The van der Waals surface area contributed by atoms with Crippen molar-refractivity contribution in [3.05, 3.63) is 29.8 Å². The van der Waals surface area contributed by atoms with Crippen LogP contribution < -0.4 is 16.6 Å². The number of anilines is 1. The van der Waals surface area contributed by atoms with Gasteiger partial charge in [-0.2, -0.15) is 11.8 Å². The molecule has 1 aromatic carbocycles. The number of nitrogens with one attached hydrogen (secondary N) is 2. The zero-order chi connectivity index (χ0) is 12.7. The number of thioether (sulfide) groups is 1. The van der Waals surface area contributed by atoms with Crippen molar-refractivity contribution in [3.8, 4) is 0 Å². The third-order valence-corrected chi connectivity index (χ3v) is 3.26. The first-order valence-corrected chi connectivity index (χ1v) is 6.97. The minimum Gasteiger partial charge on any atom is -0.348 e. The van der Waals surface area contributed by atoms with E-state index in [4.69, 9.17) is 5.84 Å². The number of hydrogen-bond donors (Lipinski definition) is 3. The van der Waals surface area contributed by atoms with Crippen molar-refractivity contribution in [1.82, 2.24) is 5.32 Å². The standard InChI is InChI=1S/C12H19N3OS/c1-3-9(8-17-2)14-12(16)10-6-4-5-7-11(10)15-13/h4-7,9,15H,3,8,13H2,1-2H3,(H,14,16). The smallest absolute Gasteiger partial charge is 0.253 e. The van der Waals surface area contributed by atoms with Gasteiger partial charge in [-0.25, -0.2) is 0 Å². The van der Waals surface area contributed by atoms with Gasteiger partial charge in [0.15, 0.2) is 0 Å². The fraction of sp³-hybridized carbons (Fsp3) is 0.417. The summed E-state index contributed by atoms with van der Waals surface area (Å²) in [6.45, 7) is 2.06. The van der Waals surface area contributed by atoms with Gasteiger partial charge in [-0.3, -0.25) is 10.6 Å². The van der Waals surface area contributed by atoms with Crippen LogP contribution >= 0.6 is 11.8 Å². The van der Waals surface area contributed by atoms with Gasteiger partial charge < -0.3 is 10.7 Å². The van der Waals surface area contributed by atoms with Crippen molar-refractivity contribution in [2.24, 2.45) is 5.84 Å². The maximum Gasteiger partial charge on any atom is 0.253 e. The summed E-state index contributed by atoms with van der Waals surface area (Å²) in [5.74, 6) is 6.21. The molecule has 1 unspecified atom stereocenters. The van der Waals surface area contributed by atoms with Crippen molar-refractivity contribution < 1.29 is 4.79 Å². The third-order valence-electron chi connectivity index (χ3n) is 2.52. The van der Waals surface area contributed by atoms with Crippen LogP contribution in [0.15, 0.2) is 24.3 Å². The van der Waals surface area contributed by atoms with Crippen LogP contribution in [0.2, 0.25) is 0 Å². The van der Waals surface area contributed by atoms with Gasteiger partial charge in [0.25, 0.3) is 5.91 Å². The van der Waals surface area contributed by atoms with Crippen molar-refractivity contribution in [2.45, 2.75) is 19.4 Å². The fourth-order valence-electron chi connectivity index (χ4n) is 1.53. The largest absolute Gasteiger partial charge is 0.348 e. The predicted molar refractivity (Wildman–Crippen MR) is 74.2 cm³/mol. The zero-order valence-electron chi connectivity index (χ0n) is 10.2. The van der Waals surface area contributed by atoms with Gasteiger partial charge in [0.05, 0.1) is 11.3 Å². The average molecular weight is 253 g/mol. The van der Waals surface area contributed by atoms with Gasteiger partial charge in [0.2, 0.25) is 0 Å². The Hall–Kier alpha value is -1.20. The van der Waals surface area contributed by atoms with Crippen LogP contribution in [-0.2, 0) is 0 Å². The molecular weight excluding hydrogens is 234 g/mol. The molecule has 17 heavy (non-hydrogen) atoms. The number of benzene rings is 1. The molecule has 1 amide bonds. The summed E-state index contributed by atoms with van der Waals surface area (Å²) >= 11 is 1.73. The van der Waals surface area contributed by atoms with Crippen LogP contribution in [0.5, 0.6) is 0 Å². The highest BCUT2D eigenvalue weighted by Gasteiger charge is 2.14. The number of hydrogen-bond acceptors (Lipinski definition) is 4. The summed E-state index contributed by atoms with van der Waals surface area (Å²) in [6, 6.07) is 7.40. The highest BCUT2D eigenvalue weighted by atomic mass is 32.2. The predicted octanol–water partition coefficient (Wildman–Crippen LogP) is 1.84. The fourth-order valence-corrected chi connectivity index (χ4v) is 2.25. The zero-order valence-corrected chi connectivity index (χ0v) is 11.0. The Kier molecular flexibility index (Phi) is 5.86. The van der Waals surface area contributed by atoms with Gasteiger partial charge in [0, 0.05) is 11.8 Å². The van der Waals surface area contributed by atoms with E-state index in [1.54, 1.807) is 23.9 Å². The van der Waals surface area contributed by atoms with Crippen molar-refractivity contribution >= 4 is 23.4 Å². The molecule has 0 spiro atoms. The minimum absolute atomic E-state index is 0.0838. The molecular formula is C12H19N3OS. The monoisotopic (exact) mass is 253 g/mol. The molecule has 0 aliphatic rings. The maximum atomic E-state index is 12.1. The maximum absolute atomic E-state index is 12.1. The molecule has 1 atom stereocenters. The molecule has 0 saturated heterocycles. The summed E-state index contributed by atoms with van der Waals surface area (Å²) in [5, 5.41) is 3.00. The Morgan fingerprint density at radius 1 is 1.47 bits per heavy atom. The van der Waals surface area contributed by atoms with E-state index in [2.05, 4.69) is 17.7 Å². The average Bonchev–Trinajstić information content (AvgIpc) is 2.38. The summed E-state index contributed by atoms with van der Waals surface area (Å²) in [6.07, 6.45) is 2.95. The van der Waals surface area contributed by atoms with Gasteiger partial charge >= 0.3 is 0 Å². The molecule has 0 bridgehead atoms. The lowest BCUT2D eigenvalue weighted by atomic mass is 10.1. The molecule has 0 fully saturated rings. The molecule has 94 valence electrons. The molecule has 4 nitrogen and oxygen atoms in total. The Bertz CT molecular complexity index is 371. The molecule has 0 aliphatic carbocycles. The molecule has 0 radical (unpaired) electrons. The van der Waals surface area contributed by atoms with Crippen molar-refractivity contribution in [3.63, 3.8) is 0 Å². The number of para-hydroxylation sites is 1. The Morgan fingerprint density at radius 2 is 2.18 bits per heavy atom. The van der Waals surface area contributed by atoms with E-state index in [1.807, 2.05) is 18.4 Å². The van der Waals surface area contributed by atoms with Gasteiger partial charge in [-0.1, -0.05) is 19.1 Å². The second-order valence-electron chi connectivity index (χ2n) is 3.72. The topological polar surface area (TPSA) is 67.2 Å². The summed E-state index contributed by atoms with van der Waals surface area (Å²) in [5.41, 5.74) is 3.75. The number of nitrogen functional groups attached to an aromatic ring is 1. The quantitative estimate of drug-likeness (QED) is 0.534. The molecule has 0 saturated carbocycles. The normalized spacial score (nSPS) is 11.9. The lowest BCUT2D eigenvalue weighted by Crippen LogP contribution is -2.36. The lowest BCUT2D eigenvalue weighted by molar-refractivity contribution is 0.0941. The Labute approximate surface area is 106 Å². The SMILES string of the molecule is CCC(CSC)NC(=O)c1ccccc1NN. The van der Waals surface area contributed by atoms with Crippen LogP contribution in [0.25, 0.3) is 0 Å². The minimum atomic E-state index is -0.0838. The second-order valence-corrected chi connectivity index (χ2v) is 4.63. The van der Waals surface area contributed by atoms with Crippen LogP contribution in [-0.4, -0.2) is 24.0 Å². The molecule has 4 N–H and O–H groups in total. The summed E-state index contributed by atoms with van der Waals surface area (Å²) < 4.78 is 0. The van der Waals surface area contributed by atoms with Crippen LogP contribution in [0.3, 0.4) is 0 Å². The number of carbonyl (C=O) groups excluding carboxylic acids is 1. The van der Waals surface area contributed by atoms with E-state index in [1.165, 1.54) is 0 Å². The summed E-state index contributed by atoms with van der Waals surface area (Å²) in [7, 11) is 0. The molecule has 5 heteroatoms.